The molecule has 156 valence electrons. The van der Waals surface area contributed by atoms with Gasteiger partial charge in [-0.1, -0.05) is 30.3 Å². The van der Waals surface area contributed by atoms with Crippen molar-refractivity contribution in [2.24, 2.45) is 0 Å². The van der Waals surface area contributed by atoms with Crippen molar-refractivity contribution in [2.45, 2.75) is 19.3 Å². The number of carbonyl (C=O) groups is 3. The molecule has 1 aromatic heterocycles. The average Bonchev–Trinajstić information content (AvgIpc) is 3.05. The fourth-order valence-corrected chi connectivity index (χ4v) is 3.58. The Kier molecular flexibility index (Phi) is 6.17. The highest BCUT2D eigenvalue weighted by atomic mass is 16.5. The van der Waals surface area contributed by atoms with E-state index in [1.807, 2.05) is 42.5 Å². The van der Waals surface area contributed by atoms with Crippen LogP contribution in [-0.2, 0) is 17.6 Å². The summed E-state index contributed by atoms with van der Waals surface area (Å²) in [6.45, 7) is 0.569. The number of fused-ring (bicyclic) bond motifs is 1. The minimum absolute atomic E-state index is 0.254. The van der Waals surface area contributed by atoms with E-state index in [1.54, 1.807) is 12.4 Å². The van der Waals surface area contributed by atoms with Crippen molar-refractivity contribution >= 4 is 17.8 Å². The number of pyridine rings is 1. The van der Waals surface area contributed by atoms with Gasteiger partial charge in [-0.15, -0.1) is 0 Å². The zero-order chi connectivity index (χ0) is 21.6. The topological polar surface area (TPSA) is 76.6 Å². The van der Waals surface area contributed by atoms with Crippen molar-refractivity contribution < 1.29 is 19.1 Å². The number of hydrogen-bond acceptors (Lipinski definition) is 5. The molecule has 0 spiro atoms. The number of esters is 1. The third-order valence-corrected chi connectivity index (χ3v) is 5.27. The smallest absolute Gasteiger partial charge is 0.338 e. The van der Waals surface area contributed by atoms with E-state index in [0.29, 0.717) is 24.9 Å². The third kappa shape index (κ3) is 4.69. The van der Waals surface area contributed by atoms with Crippen molar-refractivity contribution in [2.75, 3.05) is 13.2 Å². The standard InChI is InChI=1S/C25H22N2O4/c28-23-21-9-8-20(25(30)31-16-4-7-19-10-13-26-14-11-19)17-22(21)24(29)27(23)15-12-18-5-2-1-3-6-18/h1-3,5-6,8-11,13-14,17H,4,7,12,15-16H2. The van der Waals surface area contributed by atoms with Crippen LogP contribution in [0.5, 0.6) is 0 Å². The number of imide groups is 1. The van der Waals surface area contributed by atoms with Gasteiger partial charge in [0.15, 0.2) is 0 Å². The summed E-state index contributed by atoms with van der Waals surface area (Å²) in [5.41, 5.74) is 3.03. The molecule has 3 aromatic rings. The Labute approximate surface area is 180 Å². The Balaban J connectivity index is 1.35. The summed E-state index contributed by atoms with van der Waals surface area (Å²) >= 11 is 0. The van der Waals surface area contributed by atoms with Gasteiger partial charge in [-0.2, -0.15) is 0 Å². The fraction of sp³-hybridized carbons (Fsp3) is 0.200. The van der Waals surface area contributed by atoms with E-state index in [2.05, 4.69) is 4.98 Å². The molecule has 6 heteroatoms. The maximum atomic E-state index is 12.8. The van der Waals surface area contributed by atoms with Gasteiger partial charge in [0.05, 0.1) is 23.3 Å². The van der Waals surface area contributed by atoms with E-state index in [9.17, 15) is 14.4 Å². The van der Waals surface area contributed by atoms with E-state index in [1.165, 1.54) is 23.1 Å². The van der Waals surface area contributed by atoms with Gasteiger partial charge in [-0.25, -0.2) is 4.79 Å². The highest BCUT2D eigenvalue weighted by Crippen LogP contribution is 2.24. The second-order valence-corrected chi connectivity index (χ2v) is 7.35. The first kappa shape index (κ1) is 20.5. The van der Waals surface area contributed by atoms with Gasteiger partial charge in [0, 0.05) is 18.9 Å². The molecule has 0 saturated heterocycles. The van der Waals surface area contributed by atoms with E-state index in [4.69, 9.17) is 4.74 Å². The van der Waals surface area contributed by atoms with Gasteiger partial charge in [-0.3, -0.25) is 19.5 Å². The monoisotopic (exact) mass is 414 g/mol. The zero-order valence-electron chi connectivity index (χ0n) is 17.0. The first-order valence-electron chi connectivity index (χ1n) is 10.2. The van der Waals surface area contributed by atoms with Crippen molar-refractivity contribution in [3.8, 4) is 0 Å². The molecule has 2 aromatic carbocycles. The van der Waals surface area contributed by atoms with Crippen LogP contribution in [-0.4, -0.2) is 40.8 Å². The zero-order valence-corrected chi connectivity index (χ0v) is 17.0. The highest BCUT2D eigenvalue weighted by Gasteiger charge is 2.35. The number of amides is 2. The number of hydrogen-bond donors (Lipinski definition) is 0. The molecule has 31 heavy (non-hydrogen) atoms. The quantitative estimate of drug-likeness (QED) is 0.319. The second kappa shape index (κ2) is 9.34. The largest absolute Gasteiger partial charge is 0.462 e. The van der Waals surface area contributed by atoms with Crippen LogP contribution in [0.15, 0.2) is 73.1 Å². The minimum Gasteiger partial charge on any atom is -0.462 e. The van der Waals surface area contributed by atoms with Crippen molar-refractivity contribution in [1.82, 2.24) is 9.88 Å². The summed E-state index contributed by atoms with van der Waals surface area (Å²) < 4.78 is 5.34. The summed E-state index contributed by atoms with van der Waals surface area (Å²) in [6, 6.07) is 18.1. The number of aryl methyl sites for hydroxylation is 1. The Bertz CT molecular complexity index is 1100. The van der Waals surface area contributed by atoms with Gasteiger partial charge >= 0.3 is 5.97 Å². The predicted octanol–water partition coefficient (Wildman–Crippen LogP) is 3.71. The second-order valence-electron chi connectivity index (χ2n) is 7.35. The van der Waals surface area contributed by atoms with Gasteiger partial charge in [-0.05, 0) is 60.7 Å². The maximum absolute atomic E-state index is 12.8. The minimum atomic E-state index is -0.500. The number of nitrogens with zero attached hydrogens (tertiary/aromatic N) is 2. The molecular formula is C25H22N2O4. The van der Waals surface area contributed by atoms with Crippen LogP contribution >= 0.6 is 0 Å². The van der Waals surface area contributed by atoms with Gasteiger partial charge < -0.3 is 4.74 Å². The number of rotatable bonds is 8. The summed E-state index contributed by atoms with van der Waals surface area (Å²) in [4.78, 5) is 43.0. The van der Waals surface area contributed by atoms with Crippen LogP contribution in [0.2, 0.25) is 0 Å². The Morgan fingerprint density at radius 1 is 0.839 bits per heavy atom. The van der Waals surface area contributed by atoms with Crippen molar-refractivity contribution in [3.63, 3.8) is 0 Å². The van der Waals surface area contributed by atoms with Gasteiger partial charge in [0.1, 0.15) is 0 Å². The molecule has 6 nitrogen and oxygen atoms in total. The van der Waals surface area contributed by atoms with E-state index in [-0.39, 0.29) is 29.5 Å². The molecule has 1 aliphatic heterocycles. The maximum Gasteiger partial charge on any atom is 0.338 e. The lowest BCUT2D eigenvalue weighted by atomic mass is 10.1. The van der Waals surface area contributed by atoms with Crippen LogP contribution in [0.3, 0.4) is 0 Å². The average molecular weight is 414 g/mol. The summed E-state index contributed by atoms with van der Waals surface area (Å²) in [7, 11) is 0. The van der Waals surface area contributed by atoms with Crippen LogP contribution in [0.1, 0.15) is 48.6 Å². The first-order chi connectivity index (χ1) is 15.1. The molecule has 0 saturated carbocycles. The number of benzene rings is 2. The van der Waals surface area contributed by atoms with Crippen LogP contribution in [0, 0.1) is 0 Å². The molecule has 0 unspecified atom stereocenters. The number of aromatic nitrogens is 1. The molecule has 0 radical (unpaired) electrons. The van der Waals surface area contributed by atoms with Crippen LogP contribution in [0.4, 0.5) is 0 Å². The molecule has 2 heterocycles. The lowest BCUT2D eigenvalue weighted by molar-refractivity contribution is 0.0500. The highest BCUT2D eigenvalue weighted by molar-refractivity contribution is 6.21. The molecule has 0 aliphatic carbocycles. The Morgan fingerprint density at radius 3 is 2.32 bits per heavy atom. The molecule has 0 fully saturated rings. The number of ether oxygens (including phenoxy) is 1. The molecule has 2 amide bonds. The third-order valence-electron chi connectivity index (χ3n) is 5.27. The fourth-order valence-electron chi connectivity index (χ4n) is 3.58. The molecular weight excluding hydrogens is 392 g/mol. The lowest BCUT2D eigenvalue weighted by Gasteiger charge is -2.13. The van der Waals surface area contributed by atoms with E-state index < -0.39 is 5.97 Å². The Morgan fingerprint density at radius 2 is 1.55 bits per heavy atom. The molecule has 4 rings (SSSR count). The first-order valence-corrected chi connectivity index (χ1v) is 10.2. The van der Waals surface area contributed by atoms with Gasteiger partial charge in [0.25, 0.3) is 11.8 Å². The van der Waals surface area contributed by atoms with E-state index in [0.717, 1.165) is 17.5 Å². The molecule has 0 atom stereocenters. The SMILES string of the molecule is O=C(OCCCc1ccncc1)c1ccc2c(c1)C(=O)N(CCc1ccccc1)C2=O. The molecule has 1 aliphatic rings. The number of carbonyl (C=O) groups excluding carboxylic acids is 3. The lowest BCUT2D eigenvalue weighted by Crippen LogP contribution is -2.31. The van der Waals surface area contributed by atoms with Crippen molar-refractivity contribution in [3.05, 3.63) is 101 Å². The van der Waals surface area contributed by atoms with E-state index >= 15 is 0 Å². The van der Waals surface area contributed by atoms with Gasteiger partial charge in [0.2, 0.25) is 0 Å². The molecule has 0 bridgehead atoms. The van der Waals surface area contributed by atoms with Crippen LogP contribution < -0.4 is 0 Å². The van der Waals surface area contributed by atoms with Crippen molar-refractivity contribution in [1.29, 1.82) is 0 Å². The predicted molar refractivity (Wildman–Crippen MR) is 115 cm³/mol. The Hall–Kier alpha value is -3.80. The summed E-state index contributed by atoms with van der Waals surface area (Å²) in [5.74, 6) is -1.20. The molecule has 0 N–H and O–H groups in total. The van der Waals surface area contributed by atoms with Crippen LogP contribution in [0.25, 0.3) is 0 Å². The normalized spacial score (nSPS) is 12.7. The summed E-state index contributed by atoms with van der Waals surface area (Å²) in [6.07, 6.45) is 5.51. The summed E-state index contributed by atoms with van der Waals surface area (Å²) in [5, 5.41) is 0.